The summed E-state index contributed by atoms with van der Waals surface area (Å²) in [5.74, 6) is 0. The van der Waals surface area contributed by atoms with Crippen LogP contribution < -0.4 is 5.73 Å². The zero-order valence-electron chi connectivity index (χ0n) is 9.71. The molecular weight excluding hydrogens is 214 g/mol. The van der Waals surface area contributed by atoms with Crippen molar-refractivity contribution >= 4 is 0 Å². The van der Waals surface area contributed by atoms with Crippen molar-refractivity contribution in [2.24, 2.45) is 5.73 Å². The number of rotatable bonds is 8. The summed E-state index contributed by atoms with van der Waals surface area (Å²) >= 11 is 0. The summed E-state index contributed by atoms with van der Waals surface area (Å²) in [4.78, 5) is 1.74. The number of nitrogens with two attached hydrogens (primary N) is 1. The molecule has 0 radical (unpaired) electrons. The Morgan fingerprint density at radius 2 is 2.19 bits per heavy atom. The summed E-state index contributed by atoms with van der Waals surface area (Å²) in [5, 5.41) is 0. The van der Waals surface area contributed by atoms with E-state index in [0.717, 1.165) is 32.3 Å². The van der Waals surface area contributed by atoms with Gasteiger partial charge in [0.25, 0.3) is 6.43 Å². The van der Waals surface area contributed by atoms with Gasteiger partial charge in [0, 0.05) is 19.7 Å². The van der Waals surface area contributed by atoms with E-state index in [1.807, 2.05) is 0 Å². The standard InChI is InChI=1S/C11H22F2N2O/c12-11(13)9-15(7-5-14)6-1-3-10-4-2-8-16-10/h10-11H,1-9,14H2. The Kier molecular flexibility index (Phi) is 6.84. The lowest BCUT2D eigenvalue weighted by molar-refractivity contribution is 0.0784. The molecule has 3 nitrogen and oxygen atoms in total. The second kappa shape index (κ2) is 7.92. The molecule has 96 valence electrons. The van der Waals surface area contributed by atoms with Crippen LogP contribution in [0.5, 0.6) is 0 Å². The highest BCUT2D eigenvalue weighted by Gasteiger charge is 2.16. The molecule has 1 saturated heterocycles. The van der Waals surface area contributed by atoms with Gasteiger partial charge in [-0.25, -0.2) is 8.78 Å². The molecule has 1 rings (SSSR count). The summed E-state index contributed by atoms with van der Waals surface area (Å²) in [6.07, 6.45) is 2.22. The van der Waals surface area contributed by atoms with Gasteiger partial charge in [0.2, 0.25) is 0 Å². The third kappa shape index (κ3) is 5.72. The quantitative estimate of drug-likeness (QED) is 0.693. The molecule has 5 heteroatoms. The third-order valence-electron chi connectivity index (χ3n) is 2.87. The van der Waals surface area contributed by atoms with Crippen LogP contribution in [0.1, 0.15) is 25.7 Å². The number of hydrogen-bond donors (Lipinski definition) is 1. The van der Waals surface area contributed by atoms with E-state index < -0.39 is 6.43 Å². The fourth-order valence-electron chi connectivity index (χ4n) is 2.09. The lowest BCUT2D eigenvalue weighted by Gasteiger charge is -2.21. The molecule has 0 amide bonds. The molecule has 0 aromatic heterocycles. The largest absolute Gasteiger partial charge is 0.378 e. The molecule has 1 aliphatic rings. The third-order valence-corrected chi connectivity index (χ3v) is 2.87. The van der Waals surface area contributed by atoms with Crippen molar-refractivity contribution in [1.29, 1.82) is 0 Å². The van der Waals surface area contributed by atoms with Crippen LogP contribution in [0.2, 0.25) is 0 Å². The van der Waals surface area contributed by atoms with E-state index in [1.165, 1.54) is 0 Å². The van der Waals surface area contributed by atoms with Crippen molar-refractivity contribution in [3.05, 3.63) is 0 Å². The van der Waals surface area contributed by atoms with E-state index in [4.69, 9.17) is 10.5 Å². The Bertz CT molecular complexity index is 175. The molecule has 1 fully saturated rings. The highest BCUT2D eigenvalue weighted by molar-refractivity contribution is 4.67. The van der Waals surface area contributed by atoms with Gasteiger partial charge in [0.15, 0.2) is 0 Å². The molecule has 0 saturated carbocycles. The maximum absolute atomic E-state index is 12.2. The van der Waals surface area contributed by atoms with Crippen LogP contribution in [0.15, 0.2) is 0 Å². The Labute approximate surface area is 95.9 Å². The lowest BCUT2D eigenvalue weighted by atomic mass is 10.1. The fraction of sp³-hybridized carbons (Fsp3) is 1.00. The average Bonchev–Trinajstić information content (AvgIpc) is 2.70. The molecule has 1 unspecified atom stereocenters. The summed E-state index contributed by atoms with van der Waals surface area (Å²) in [6.45, 7) is 2.38. The average molecular weight is 236 g/mol. The summed E-state index contributed by atoms with van der Waals surface area (Å²) in [7, 11) is 0. The van der Waals surface area contributed by atoms with Gasteiger partial charge in [-0.05, 0) is 32.2 Å². The van der Waals surface area contributed by atoms with E-state index in [2.05, 4.69) is 0 Å². The monoisotopic (exact) mass is 236 g/mol. The summed E-state index contributed by atoms with van der Waals surface area (Å²) in [6, 6.07) is 0. The Balaban J connectivity index is 2.10. The fourth-order valence-corrected chi connectivity index (χ4v) is 2.09. The van der Waals surface area contributed by atoms with E-state index in [1.54, 1.807) is 4.90 Å². The molecule has 0 bridgehead atoms. The van der Waals surface area contributed by atoms with E-state index in [-0.39, 0.29) is 6.54 Å². The lowest BCUT2D eigenvalue weighted by Crippen LogP contribution is -2.34. The first-order valence-electron chi connectivity index (χ1n) is 6.04. The van der Waals surface area contributed by atoms with Crippen LogP contribution in [0.25, 0.3) is 0 Å². The number of ether oxygens (including phenoxy) is 1. The molecule has 2 N–H and O–H groups in total. The summed E-state index contributed by atoms with van der Waals surface area (Å²) in [5.41, 5.74) is 5.39. The van der Waals surface area contributed by atoms with Gasteiger partial charge in [-0.15, -0.1) is 0 Å². The molecule has 1 atom stereocenters. The predicted octanol–water partition coefficient (Wildman–Crippen LogP) is 1.47. The molecule has 0 aliphatic carbocycles. The number of halogens is 2. The van der Waals surface area contributed by atoms with Crippen molar-refractivity contribution in [3.63, 3.8) is 0 Å². The van der Waals surface area contributed by atoms with Gasteiger partial charge >= 0.3 is 0 Å². The minimum Gasteiger partial charge on any atom is -0.378 e. The minimum atomic E-state index is -2.27. The molecule has 16 heavy (non-hydrogen) atoms. The van der Waals surface area contributed by atoms with Crippen molar-refractivity contribution in [3.8, 4) is 0 Å². The smallest absolute Gasteiger partial charge is 0.251 e. The van der Waals surface area contributed by atoms with Crippen LogP contribution in [-0.4, -0.2) is 50.2 Å². The van der Waals surface area contributed by atoms with Crippen molar-refractivity contribution in [1.82, 2.24) is 4.90 Å². The van der Waals surface area contributed by atoms with Gasteiger partial charge in [0.05, 0.1) is 12.6 Å². The topological polar surface area (TPSA) is 38.5 Å². The second-order valence-electron chi connectivity index (χ2n) is 4.26. The maximum Gasteiger partial charge on any atom is 0.251 e. The minimum absolute atomic E-state index is 0.164. The Morgan fingerprint density at radius 3 is 2.75 bits per heavy atom. The van der Waals surface area contributed by atoms with Gasteiger partial charge < -0.3 is 10.5 Å². The van der Waals surface area contributed by atoms with Crippen LogP contribution in [0.3, 0.4) is 0 Å². The SMILES string of the molecule is NCCN(CCCC1CCCO1)CC(F)F. The van der Waals surface area contributed by atoms with Gasteiger partial charge in [0.1, 0.15) is 0 Å². The first kappa shape index (κ1) is 13.8. The van der Waals surface area contributed by atoms with Crippen molar-refractivity contribution < 1.29 is 13.5 Å². The van der Waals surface area contributed by atoms with Crippen LogP contribution in [0.4, 0.5) is 8.78 Å². The number of hydrogen-bond acceptors (Lipinski definition) is 3. The Hall–Kier alpha value is -0.260. The van der Waals surface area contributed by atoms with Gasteiger partial charge in [-0.2, -0.15) is 0 Å². The molecule has 0 aromatic carbocycles. The van der Waals surface area contributed by atoms with Gasteiger partial charge in [-0.3, -0.25) is 4.90 Å². The number of alkyl halides is 2. The molecule has 0 spiro atoms. The van der Waals surface area contributed by atoms with E-state index in [0.29, 0.717) is 25.7 Å². The zero-order valence-corrected chi connectivity index (χ0v) is 9.71. The van der Waals surface area contributed by atoms with Crippen molar-refractivity contribution in [2.75, 3.05) is 32.8 Å². The van der Waals surface area contributed by atoms with E-state index >= 15 is 0 Å². The molecule has 0 aromatic rings. The van der Waals surface area contributed by atoms with Crippen LogP contribution in [-0.2, 0) is 4.74 Å². The van der Waals surface area contributed by atoms with Crippen molar-refractivity contribution in [2.45, 2.75) is 38.2 Å². The highest BCUT2D eigenvalue weighted by Crippen LogP contribution is 2.17. The molecule has 1 heterocycles. The first-order valence-corrected chi connectivity index (χ1v) is 6.04. The highest BCUT2D eigenvalue weighted by atomic mass is 19.3. The molecule has 1 aliphatic heterocycles. The van der Waals surface area contributed by atoms with Crippen LogP contribution in [0, 0.1) is 0 Å². The van der Waals surface area contributed by atoms with E-state index in [9.17, 15) is 8.78 Å². The van der Waals surface area contributed by atoms with Crippen LogP contribution >= 0.6 is 0 Å². The number of nitrogens with zero attached hydrogens (tertiary/aromatic N) is 1. The maximum atomic E-state index is 12.2. The second-order valence-corrected chi connectivity index (χ2v) is 4.26. The normalized spacial score (nSPS) is 21.2. The first-order chi connectivity index (χ1) is 7.72. The summed E-state index contributed by atoms with van der Waals surface area (Å²) < 4.78 is 29.9. The Morgan fingerprint density at radius 1 is 1.38 bits per heavy atom. The zero-order chi connectivity index (χ0) is 11.8. The van der Waals surface area contributed by atoms with Gasteiger partial charge in [-0.1, -0.05) is 0 Å². The molecular formula is C11H22F2N2O. The predicted molar refractivity (Wildman–Crippen MR) is 59.7 cm³/mol.